The van der Waals surface area contributed by atoms with Gasteiger partial charge in [0.25, 0.3) is 5.91 Å². The van der Waals surface area contributed by atoms with E-state index >= 15 is 0 Å². The standard InChI is InChI=1S/C13H15F3N2O3S/c14-13(15,16)2-1-10-17-6-9(22-10)12(21)18-8-3-7(4-8)5-11(19)20/h6-8H,1-5H2,(H,18,21)(H,19,20). The molecule has 0 saturated heterocycles. The summed E-state index contributed by atoms with van der Waals surface area (Å²) in [5.41, 5.74) is 0. The fourth-order valence-electron chi connectivity index (χ4n) is 2.30. The molecule has 0 aromatic carbocycles. The van der Waals surface area contributed by atoms with Crippen molar-refractivity contribution in [3.8, 4) is 0 Å². The first kappa shape index (κ1) is 16.7. The van der Waals surface area contributed by atoms with Gasteiger partial charge in [-0.15, -0.1) is 11.3 Å². The van der Waals surface area contributed by atoms with Crippen LogP contribution >= 0.6 is 11.3 Å². The number of rotatable bonds is 6. The summed E-state index contributed by atoms with van der Waals surface area (Å²) in [6.07, 6.45) is -2.84. The van der Waals surface area contributed by atoms with Gasteiger partial charge in [-0.3, -0.25) is 9.59 Å². The largest absolute Gasteiger partial charge is 0.481 e. The monoisotopic (exact) mass is 336 g/mol. The average Bonchev–Trinajstić information content (AvgIpc) is 2.81. The van der Waals surface area contributed by atoms with Crippen LogP contribution in [0.15, 0.2) is 6.20 Å². The molecule has 2 N–H and O–H groups in total. The van der Waals surface area contributed by atoms with Crippen LogP contribution in [0.3, 0.4) is 0 Å². The van der Waals surface area contributed by atoms with Gasteiger partial charge >= 0.3 is 12.1 Å². The van der Waals surface area contributed by atoms with Crippen molar-refractivity contribution in [1.29, 1.82) is 0 Å². The average molecular weight is 336 g/mol. The molecule has 1 aliphatic rings. The second-order valence-electron chi connectivity index (χ2n) is 5.34. The number of hydrogen-bond acceptors (Lipinski definition) is 4. The van der Waals surface area contributed by atoms with Crippen molar-refractivity contribution >= 4 is 23.2 Å². The Hall–Kier alpha value is -1.64. The molecular weight excluding hydrogens is 321 g/mol. The fourth-order valence-corrected chi connectivity index (χ4v) is 3.12. The molecule has 2 rings (SSSR count). The van der Waals surface area contributed by atoms with E-state index in [-0.39, 0.29) is 40.6 Å². The summed E-state index contributed by atoms with van der Waals surface area (Å²) in [5, 5.41) is 11.6. The maximum absolute atomic E-state index is 12.1. The quantitative estimate of drug-likeness (QED) is 0.837. The van der Waals surface area contributed by atoms with E-state index in [9.17, 15) is 22.8 Å². The number of amides is 1. The lowest BCUT2D eigenvalue weighted by Crippen LogP contribution is -2.44. The topological polar surface area (TPSA) is 79.3 Å². The molecule has 0 aliphatic heterocycles. The van der Waals surface area contributed by atoms with Gasteiger partial charge in [-0.2, -0.15) is 13.2 Å². The molecule has 0 bridgehead atoms. The molecule has 122 valence electrons. The summed E-state index contributed by atoms with van der Waals surface area (Å²) in [5.74, 6) is -1.15. The number of nitrogens with zero attached hydrogens (tertiary/aromatic N) is 1. The number of aromatic nitrogens is 1. The number of carboxylic acid groups (broad SMARTS) is 1. The summed E-state index contributed by atoms with van der Waals surface area (Å²) in [6, 6.07) is -0.0717. The van der Waals surface area contributed by atoms with Gasteiger partial charge in [0.05, 0.1) is 11.2 Å². The summed E-state index contributed by atoms with van der Waals surface area (Å²) in [7, 11) is 0. The van der Waals surface area contributed by atoms with Gasteiger partial charge in [0.2, 0.25) is 0 Å². The molecule has 9 heteroatoms. The molecule has 1 fully saturated rings. The Morgan fingerprint density at radius 3 is 2.68 bits per heavy atom. The number of hydrogen-bond donors (Lipinski definition) is 2. The maximum atomic E-state index is 12.1. The van der Waals surface area contributed by atoms with Gasteiger partial charge < -0.3 is 10.4 Å². The smallest absolute Gasteiger partial charge is 0.389 e. The molecule has 5 nitrogen and oxygen atoms in total. The number of carboxylic acids is 1. The van der Waals surface area contributed by atoms with Gasteiger partial charge in [0, 0.05) is 25.3 Å². The first-order valence-corrected chi connectivity index (χ1v) is 7.58. The zero-order valence-corrected chi connectivity index (χ0v) is 12.3. The van der Waals surface area contributed by atoms with Crippen molar-refractivity contribution in [1.82, 2.24) is 10.3 Å². The molecule has 1 heterocycles. The van der Waals surface area contributed by atoms with E-state index in [1.807, 2.05) is 0 Å². The summed E-state index contributed by atoms with van der Waals surface area (Å²) in [6.45, 7) is 0. The summed E-state index contributed by atoms with van der Waals surface area (Å²) >= 11 is 0.952. The highest BCUT2D eigenvalue weighted by Gasteiger charge is 2.32. The van der Waals surface area contributed by atoms with E-state index in [0.717, 1.165) is 11.3 Å². The Morgan fingerprint density at radius 1 is 1.41 bits per heavy atom. The third kappa shape index (κ3) is 4.97. The number of alkyl halides is 3. The van der Waals surface area contributed by atoms with Crippen molar-refractivity contribution in [2.75, 3.05) is 0 Å². The number of thiazole rings is 1. The lowest BCUT2D eigenvalue weighted by Gasteiger charge is -2.34. The first-order chi connectivity index (χ1) is 10.2. The second-order valence-corrected chi connectivity index (χ2v) is 6.45. The molecule has 0 radical (unpaired) electrons. The Kier molecular flexibility index (Phi) is 5.05. The van der Waals surface area contributed by atoms with E-state index in [1.165, 1.54) is 6.20 Å². The predicted octanol–water partition coefficient (Wildman–Crippen LogP) is 2.62. The molecule has 1 aromatic heterocycles. The SMILES string of the molecule is O=C(O)CC1CC(NC(=O)c2cnc(CCC(F)(F)F)s2)C1. The van der Waals surface area contributed by atoms with E-state index in [1.54, 1.807) is 0 Å². The van der Waals surface area contributed by atoms with Crippen molar-refractivity contribution < 1.29 is 27.9 Å². The Bertz CT molecular complexity index is 553. The van der Waals surface area contributed by atoms with E-state index < -0.39 is 18.6 Å². The fraction of sp³-hybridized carbons (Fsp3) is 0.615. The minimum absolute atomic E-state index is 0.0717. The minimum atomic E-state index is -4.24. The molecule has 1 aromatic rings. The van der Waals surface area contributed by atoms with Gasteiger partial charge in [-0.1, -0.05) is 0 Å². The van der Waals surface area contributed by atoms with Crippen LogP contribution in [0.5, 0.6) is 0 Å². The van der Waals surface area contributed by atoms with Crippen LogP contribution in [0, 0.1) is 5.92 Å². The number of halogens is 3. The third-order valence-electron chi connectivity index (χ3n) is 3.43. The van der Waals surface area contributed by atoms with Crippen LogP contribution in [0.25, 0.3) is 0 Å². The summed E-state index contributed by atoms with van der Waals surface area (Å²) < 4.78 is 36.3. The molecule has 0 spiro atoms. The van der Waals surface area contributed by atoms with Crippen LogP contribution in [-0.2, 0) is 11.2 Å². The van der Waals surface area contributed by atoms with Crippen LogP contribution in [-0.4, -0.2) is 34.2 Å². The number of nitrogens with one attached hydrogen (secondary N) is 1. The van der Waals surface area contributed by atoms with Crippen molar-refractivity contribution in [3.63, 3.8) is 0 Å². The van der Waals surface area contributed by atoms with E-state index in [2.05, 4.69) is 10.3 Å². The molecule has 1 amide bonds. The number of aryl methyl sites for hydroxylation is 1. The molecule has 1 saturated carbocycles. The summed E-state index contributed by atoms with van der Waals surface area (Å²) in [4.78, 5) is 26.5. The maximum Gasteiger partial charge on any atom is 0.389 e. The van der Waals surface area contributed by atoms with Crippen LogP contribution in [0.2, 0.25) is 0 Å². The lowest BCUT2D eigenvalue weighted by molar-refractivity contribution is -0.139. The Balaban J connectivity index is 1.77. The number of carbonyl (C=O) groups is 2. The Morgan fingerprint density at radius 2 is 2.09 bits per heavy atom. The van der Waals surface area contributed by atoms with E-state index in [0.29, 0.717) is 12.8 Å². The number of carbonyl (C=O) groups excluding carboxylic acids is 1. The van der Waals surface area contributed by atoms with Gasteiger partial charge in [0.1, 0.15) is 4.88 Å². The Labute approximate surface area is 128 Å². The van der Waals surface area contributed by atoms with Crippen LogP contribution in [0.1, 0.15) is 40.4 Å². The molecule has 0 unspecified atom stereocenters. The van der Waals surface area contributed by atoms with Gasteiger partial charge in [-0.25, -0.2) is 4.98 Å². The molecule has 1 aliphatic carbocycles. The van der Waals surface area contributed by atoms with Crippen LogP contribution in [0.4, 0.5) is 13.2 Å². The molecule has 22 heavy (non-hydrogen) atoms. The highest BCUT2D eigenvalue weighted by molar-refractivity contribution is 7.13. The highest BCUT2D eigenvalue weighted by Crippen LogP contribution is 2.31. The third-order valence-corrected chi connectivity index (χ3v) is 4.49. The lowest BCUT2D eigenvalue weighted by atomic mass is 9.78. The first-order valence-electron chi connectivity index (χ1n) is 6.77. The van der Waals surface area contributed by atoms with E-state index in [4.69, 9.17) is 5.11 Å². The van der Waals surface area contributed by atoms with Gasteiger partial charge in [0.15, 0.2) is 0 Å². The van der Waals surface area contributed by atoms with Crippen molar-refractivity contribution in [2.24, 2.45) is 5.92 Å². The number of aliphatic carboxylic acids is 1. The van der Waals surface area contributed by atoms with Crippen molar-refractivity contribution in [3.05, 3.63) is 16.1 Å². The zero-order chi connectivity index (χ0) is 16.3. The van der Waals surface area contributed by atoms with Crippen LogP contribution < -0.4 is 5.32 Å². The molecule has 0 atom stereocenters. The highest BCUT2D eigenvalue weighted by atomic mass is 32.1. The van der Waals surface area contributed by atoms with Crippen molar-refractivity contribution in [2.45, 2.75) is 44.3 Å². The minimum Gasteiger partial charge on any atom is -0.481 e. The normalized spacial score (nSPS) is 21.2. The zero-order valence-electron chi connectivity index (χ0n) is 11.5. The predicted molar refractivity (Wildman–Crippen MR) is 72.7 cm³/mol. The van der Waals surface area contributed by atoms with Gasteiger partial charge in [-0.05, 0) is 18.8 Å². The molecular formula is C13H15F3N2O3S. The second kappa shape index (κ2) is 6.64.